The fraction of sp³-hybridized carbons (Fsp3) is 0.500. The van der Waals surface area contributed by atoms with Gasteiger partial charge in [0.05, 0.1) is 7.11 Å². The first-order chi connectivity index (χ1) is 8.67. The van der Waals surface area contributed by atoms with Gasteiger partial charge in [0, 0.05) is 19.0 Å². The Morgan fingerprint density at radius 2 is 2.00 bits per heavy atom. The highest BCUT2D eigenvalue weighted by Gasteiger charge is 2.02. The summed E-state index contributed by atoms with van der Waals surface area (Å²) >= 11 is 0. The summed E-state index contributed by atoms with van der Waals surface area (Å²) in [6.45, 7) is 2.44. The molecule has 1 atom stereocenters. The topological polar surface area (TPSA) is 64.3 Å². The number of nitrogens with one attached hydrogen (secondary N) is 1. The minimum absolute atomic E-state index is 0.157. The SMILES string of the molecule is CCC(=O)OC.CN[C@H](CN)Cc1ccccc1. The van der Waals surface area contributed by atoms with E-state index in [2.05, 4.69) is 34.3 Å². The van der Waals surface area contributed by atoms with Crippen LogP contribution in [0.15, 0.2) is 30.3 Å². The highest BCUT2D eigenvalue weighted by Crippen LogP contribution is 2.01. The molecule has 1 rings (SSSR count). The molecule has 0 saturated heterocycles. The molecule has 0 aromatic heterocycles. The van der Waals surface area contributed by atoms with Crippen molar-refractivity contribution in [1.29, 1.82) is 0 Å². The van der Waals surface area contributed by atoms with Crippen LogP contribution in [0.3, 0.4) is 0 Å². The number of ether oxygens (including phenoxy) is 1. The Kier molecular flexibility index (Phi) is 9.91. The Bertz CT molecular complexity index is 305. The summed E-state index contributed by atoms with van der Waals surface area (Å²) in [4.78, 5) is 9.96. The third-order valence-corrected chi connectivity index (χ3v) is 2.53. The fourth-order valence-corrected chi connectivity index (χ4v) is 1.35. The lowest BCUT2D eigenvalue weighted by Gasteiger charge is -2.12. The third kappa shape index (κ3) is 7.81. The Balaban J connectivity index is 0.000000411. The molecule has 0 radical (unpaired) electrons. The largest absolute Gasteiger partial charge is 0.469 e. The Hall–Kier alpha value is -1.39. The van der Waals surface area contributed by atoms with Crippen LogP contribution in [0.5, 0.6) is 0 Å². The van der Waals surface area contributed by atoms with E-state index in [1.54, 1.807) is 6.92 Å². The lowest BCUT2D eigenvalue weighted by Crippen LogP contribution is -2.35. The average Bonchev–Trinajstić information content (AvgIpc) is 2.45. The molecule has 0 saturated carbocycles. The maximum atomic E-state index is 9.96. The number of hydrogen-bond donors (Lipinski definition) is 2. The zero-order chi connectivity index (χ0) is 13.8. The lowest BCUT2D eigenvalue weighted by molar-refractivity contribution is -0.140. The van der Waals surface area contributed by atoms with Gasteiger partial charge in [-0.1, -0.05) is 37.3 Å². The summed E-state index contributed by atoms with van der Waals surface area (Å²) in [6.07, 6.45) is 1.48. The van der Waals surface area contributed by atoms with Crippen LogP contribution in [0.4, 0.5) is 0 Å². The highest BCUT2D eigenvalue weighted by molar-refractivity contribution is 5.68. The van der Waals surface area contributed by atoms with Gasteiger partial charge in [-0.05, 0) is 19.0 Å². The van der Waals surface area contributed by atoms with Crippen molar-refractivity contribution < 1.29 is 9.53 Å². The Morgan fingerprint density at radius 1 is 1.39 bits per heavy atom. The van der Waals surface area contributed by atoms with Gasteiger partial charge in [-0.15, -0.1) is 0 Å². The van der Waals surface area contributed by atoms with Crippen LogP contribution in [-0.4, -0.2) is 32.7 Å². The molecule has 0 aliphatic carbocycles. The molecule has 1 aromatic carbocycles. The lowest BCUT2D eigenvalue weighted by atomic mass is 10.1. The van der Waals surface area contributed by atoms with Gasteiger partial charge in [0.25, 0.3) is 0 Å². The second-order valence-corrected chi connectivity index (χ2v) is 3.84. The predicted octanol–water partition coefficient (Wildman–Crippen LogP) is 1.35. The van der Waals surface area contributed by atoms with Gasteiger partial charge in [-0.3, -0.25) is 4.79 Å². The highest BCUT2D eigenvalue weighted by atomic mass is 16.5. The monoisotopic (exact) mass is 252 g/mol. The first-order valence-electron chi connectivity index (χ1n) is 6.15. The fourth-order valence-electron chi connectivity index (χ4n) is 1.35. The van der Waals surface area contributed by atoms with Crippen LogP contribution in [0.1, 0.15) is 18.9 Å². The summed E-state index contributed by atoms with van der Waals surface area (Å²) in [6, 6.07) is 10.8. The van der Waals surface area contributed by atoms with E-state index >= 15 is 0 Å². The molecule has 0 aliphatic rings. The van der Waals surface area contributed by atoms with Crippen LogP contribution >= 0.6 is 0 Å². The number of carbonyl (C=O) groups is 1. The third-order valence-electron chi connectivity index (χ3n) is 2.53. The molecule has 0 heterocycles. The molecule has 0 fully saturated rings. The van der Waals surface area contributed by atoms with E-state index in [9.17, 15) is 4.79 Å². The molecular formula is C14H24N2O2. The normalized spacial score (nSPS) is 11.1. The van der Waals surface area contributed by atoms with E-state index in [0.29, 0.717) is 19.0 Å². The second-order valence-electron chi connectivity index (χ2n) is 3.84. The zero-order valence-corrected chi connectivity index (χ0v) is 11.5. The molecule has 0 aliphatic heterocycles. The van der Waals surface area contributed by atoms with Crippen molar-refractivity contribution >= 4 is 5.97 Å². The molecular weight excluding hydrogens is 228 g/mol. The number of hydrogen-bond acceptors (Lipinski definition) is 4. The maximum absolute atomic E-state index is 9.96. The van der Waals surface area contributed by atoms with Crippen molar-refractivity contribution in [2.45, 2.75) is 25.8 Å². The van der Waals surface area contributed by atoms with Gasteiger partial charge < -0.3 is 15.8 Å². The van der Waals surface area contributed by atoms with E-state index in [-0.39, 0.29) is 5.97 Å². The quantitative estimate of drug-likeness (QED) is 0.776. The maximum Gasteiger partial charge on any atom is 0.305 e. The van der Waals surface area contributed by atoms with Crippen molar-refractivity contribution in [2.24, 2.45) is 5.73 Å². The summed E-state index contributed by atoms with van der Waals surface area (Å²) in [7, 11) is 3.33. The van der Waals surface area contributed by atoms with Gasteiger partial charge in [-0.2, -0.15) is 0 Å². The van der Waals surface area contributed by atoms with Crippen molar-refractivity contribution in [3.8, 4) is 0 Å². The standard InChI is InChI=1S/C10H16N2.C4H8O2/c1-12-10(8-11)7-9-5-3-2-4-6-9;1-3-4(5)6-2/h2-6,10,12H,7-8,11H2,1H3;3H2,1-2H3/t10-;/m0./s1. The van der Waals surface area contributed by atoms with E-state index in [1.165, 1.54) is 12.7 Å². The number of carbonyl (C=O) groups excluding carboxylic acids is 1. The minimum Gasteiger partial charge on any atom is -0.469 e. The minimum atomic E-state index is -0.157. The first-order valence-corrected chi connectivity index (χ1v) is 6.15. The predicted molar refractivity (Wildman–Crippen MR) is 74.4 cm³/mol. The molecule has 18 heavy (non-hydrogen) atoms. The van der Waals surface area contributed by atoms with Crippen molar-refractivity contribution in [3.05, 3.63) is 35.9 Å². The first kappa shape index (κ1) is 16.6. The van der Waals surface area contributed by atoms with Gasteiger partial charge in [-0.25, -0.2) is 0 Å². The van der Waals surface area contributed by atoms with Crippen LogP contribution in [-0.2, 0) is 16.0 Å². The number of methoxy groups -OCH3 is 1. The van der Waals surface area contributed by atoms with E-state index < -0.39 is 0 Å². The number of rotatable bonds is 5. The molecule has 0 bridgehead atoms. The molecule has 0 spiro atoms. The second kappa shape index (κ2) is 10.7. The smallest absolute Gasteiger partial charge is 0.305 e. The van der Waals surface area contributed by atoms with Crippen LogP contribution in [0.25, 0.3) is 0 Å². The van der Waals surface area contributed by atoms with Crippen LogP contribution in [0.2, 0.25) is 0 Å². The van der Waals surface area contributed by atoms with Crippen LogP contribution < -0.4 is 11.1 Å². The molecule has 0 amide bonds. The van der Waals surface area contributed by atoms with Gasteiger partial charge in [0.1, 0.15) is 0 Å². The van der Waals surface area contributed by atoms with Crippen molar-refractivity contribution in [3.63, 3.8) is 0 Å². The summed E-state index contributed by atoms with van der Waals surface area (Å²) in [5, 5.41) is 3.18. The number of likely N-dealkylation sites (N-methyl/N-ethyl adjacent to an activating group) is 1. The number of nitrogens with two attached hydrogens (primary N) is 1. The Labute approximate surface area is 110 Å². The number of esters is 1. The van der Waals surface area contributed by atoms with E-state index in [0.717, 1.165) is 6.42 Å². The van der Waals surface area contributed by atoms with Crippen molar-refractivity contribution in [2.75, 3.05) is 20.7 Å². The molecule has 1 aromatic rings. The van der Waals surface area contributed by atoms with Gasteiger partial charge >= 0.3 is 5.97 Å². The zero-order valence-electron chi connectivity index (χ0n) is 11.5. The van der Waals surface area contributed by atoms with E-state index in [4.69, 9.17) is 5.73 Å². The van der Waals surface area contributed by atoms with Crippen LogP contribution in [0, 0.1) is 0 Å². The molecule has 4 heteroatoms. The number of benzene rings is 1. The molecule has 3 N–H and O–H groups in total. The summed E-state index contributed by atoms with van der Waals surface area (Å²) in [5.41, 5.74) is 6.90. The van der Waals surface area contributed by atoms with E-state index in [1.807, 2.05) is 13.1 Å². The summed E-state index contributed by atoms with van der Waals surface area (Å²) < 4.78 is 4.26. The molecule has 4 nitrogen and oxygen atoms in total. The molecule has 0 unspecified atom stereocenters. The van der Waals surface area contributed by atoms with Gasteiger partial charge in [0.2, 0.25) is 0 Å². The Morgan fingerprint density at radius 3 is 2.33 bits per heavy atom. The van der Waals surface area contributed by atoms with Gasteiger partial charge in [0.15, 0.2) is 0 Å². The average molecular weight is 252 g/mol. The molecule has 102 valence electrons. The summed E-state index contributed by atoms with van der Waals surface area (Å²) in [5.74, 6) is -0.157. The van der Waals surface area contributed by atoms with Crippen molar-refractivity contribution in [1.82, 2.24) is 5.32 Å².